The molecule has 0 aromatic rings. The minimum Gasteiger partial charge on any atom is -0.385 e. The number of hydrogen-bond acceptors (Lipinski definition) is 1. The van der Waals surface area contributed by atoms with Crippen LogP contribution < -0.4 is 0 Å². The van der Waals surface area contributed by atoms with Gasteiger partial charge >= 0.3 is 0 Å². The third-order valence-corrected chi connectivity index (χ3v) is 2.77. The third-order valence-electron chi connectivity index (χ3n) is 2.77. The van der Waals surface area contributed by atoms with E-state index in [0.29, 0.717) is 0 Å². The van der Waals surface area contributed by atoms with Crippen LogP contribution in [0, 0.1) is 5.92 Å². The highest BCUT2D eigenvalue weighted by molar-refractivity contribution is 4.98. The van der Waals surface area contributed by atoms with Gasteiger partial charge in [0.2, 0.25) is 0 Å². The van der Waals surface area contributed by atoms with Crippen molar-refractivity contribution in [3.05, 3.63) is 12.2 Å². The summed E-state index contributed by atoms with van der Waals surface area (Å²) < 4.78 is 5.04. The molecule has 1 fully saturated rings. The van der Waals surface area contributed by atoms with Crippen LogP contribution in [0.5, 0.6) is 0 Å². The molecule has 0 heterocycles. The summed E-state index contributed by atoms with van der Waals surface area (Å²) in [5.41, 5.74) is 1.46. The number of allylic oxidation sites excluding steroid dienone is 1. The topological polar surface area (TPSA) is 9.23 Å². The predicted molar refractivity (Wildman–Crippen MR) is 52.2 cm³/mol. The molecule has 70 valence electrons. The molecule has 1 heteroatoms. The Morgan fingerprint density at radius 3 is 2.67 bits per heavy atom. The van der Waals surface area contributed by atoms with Crippen molar-refractivity contribution in [3.8, 4) is 0 Å². The van der Waals surface area contributed by atoms with Gasteiger partial charge in [0.15, 0.2) is 0 Å². The second-order valence-corrected chi connectivity index (χ2v) is 3.83. The zero-order valence-corrected chi connectivity index (χ0v) is 8.14. The first-order valence-corrected chi connectivity index (χ1v) is 4.98. The average molecular weight is 168 g/mol. The maximum Gasteiger partial charge on any atom is 0.0462 e. The molecular weight excluding hydrogens is 148 g/mol. The first-order chi connectivity index (χ1) is 5.83. The van der Waals surface area contributed by atoms with E-state index < -0.39 is 0 Å². The van der Waals surface area contributed by atoms with Gasteiger partial charge in [-0.15, -0.1) is 0 Å². The Hall–Kier alpha value is -0.300. The van der Waals surface area contributed by atoms with E-state index in [0.717, 1.165) is 12.5 Å². The largest absolute Gasteiger partial charge is 0.385 e. The van der Waals surface area contributed by atoms with Crippen molar-refractivity contribution < 1.29 is 4.74 Å². The van der Waals surface area contributed by atoms with E-state index in [9.17, 15) is 0 Å². The monoisotopic (exact) mass is 168 g/mol. The molecule has 0 unspecified atom stereocenters. The highest BCUT2D eigenvalue weighted by atomic mass is 16.5. The highest BCUT2D eigenvalue weighted by Gasteiger charge is 2.14. The SMILES string of the molecule is C=C1CCC(CCCOC)CC1. The maximum atomic E-state index is 5.04. The van der Waals surface area contributed by atoms with Gasteiger partial charge in [-0.25, -0.2) is 0 Å². The van der Waals surface area contributed by atoms with Crippen LogP contribution in [0.4, 0.5) is 0 Å². The Kier molecular flexibility index (Phi) is 4.37. The lowest BCUT2D eigenvalue weighted by atomic mass is 9.84. The van der Waals surface area contributed by atoms with Crippen LogP contribution in [0.3, 0.4) is 0 Å². The molecule has 1 aliphatic rings. The van der Waals surface area contributed by atoms with Gasteiger partial charge in [-0.1, -0.05) is 12.2 Å². The second kappa shape index (κ2) is 5.36. The van der Waals surface area contributed by atoms with E-state index in [1.165, 1.54) is 44.1 Å². The summed E-state index contributed by atoms with van der Waals surface area (Å²) in [5.74, 6) is 0.950. The van der Waals surface area contributed by atoms with Gasteiger partial charge in [-0.2, -0.15) is 0 Å². The van der Waals surface area contributed by atoms with Gasteiger partial charge in [0.1, 0.15) is 0 Å². The Bertz CT molecular complexity index is 130. The molecule has 0 aromatic carbocycles. The smallest absolute Gasteiger partial charge is 0.0462 e. The van der Waals surface area contributed by atoms with Crippen molar-refractivity contribution in [1.82, 2.24) is 0 Å². The van der Waals surface area contributed by atoms with Crippen molar-refractivity contribution >= 4 is 0 Å². The summed E-state index contributed by atoms with van der Waals surface area (Å²) in [4.78, 5) is 0. The molecule has 12 heavy (non-hydrogen) atoms. The van der Waals surface area contributed by atoms with Gasteiger partial charge in [0, 0.05) is 13.7 Å². The van der Waals surface area contributed by atoms with Crippen LogP contribution in [0.25, 0.3) is 0 Å². The van der Waals surface area contributed by atoms with Crippen molar-refractivity contribution in [2.75, 3.05) is 13.7 Å². The van der Waals surface area contributed by atoms with Crippen LogP contribution in [0.2, 0.25) is 0 Å². The number of rotatable bonds is 4. The number of ether oxygens (including phenoxy) is 1. The molecule has 0 saturated heterocycles. The van der Waals surface area contributed by atoms with E-state index in [-0.39, 0.29) is 0 Å². The highest BCUT2D eigenvalue weighted by Crippen LogP contribution is 2.29. The zero-order chi connectivity index (χ0) is 8.81. The standard InChI is InChI=1S/C11H20O/c1-10-5-7-11(8-6-10)4-3-9-12-2/h11H,1,3-9H2,2H3. The lowest BCUT2D eigenvalue weighted by Gasteiger charge is -2.22. The van der Waals surface area contributed by atoms with Crippen molar-refractivity contribution in [2.45, 2.75) is 38.5 Å². The summed E-state index contributed by atoms with van der Waals surface area (Å²) in [7, 11) is 1.78. The van der Waals surface area contributed by atoms with Crippen LogP contribution in [-0.2, 0) is 4.74 Å². The summed E-state index contributed by atoms with van der Waals surface area (Å²) in [6.07, 6.45) is 7.83. The molecule has 1 saturated carbocycles. The van der Waals surface area contributed by atoms with Gasteiger partial charge < -0.3 is 4.74 Å². The van der Waals surface area contributed by atoms with Crippen LogP contribution in [-0.4, -0.2) is 13.7 Å². The van der Waals surface area contributed by atoms with E-state index >= 15 is 0 Å². The first-order valence-electron chi connectivity index (χ1n) is 4.98. The van der Waals surface area contributed by atoms with Gasteiger partial charge in [0.25, 0.3) is 0 Å². The van der Waals surface area contributed by atoms with E-state index in [1.54, 1.807) is 7.11 Å². The fourth-order valence-electron chi connectivity index (χ4n) is 1.89. The molecule has 0 spiro atoms. The molecule has 0 radical (unpaired) electrons. The molecule has 0 bridgehead atoms. The predicted octanol–water partition coefficient (Wildman–Crippen LogP) is 3.16. The lowest BCUT2D eigenvalue weighted by molar-refractivity contribution is 0.183. The Morgan fingerprint density at radius 2 is 2.08 bits per heavy atom. The Balaban J connectivity index is 2.05. The first kappa shape index (κ1) is 9.79. The Morgan fingerprint density at radius 1 is 1.42 bits per heavy atom. The van der Waals surface area contributed by atoms with Crippen LogP contribution in [0.15, 0.2) is 12.2 Å². The molecule has 1 aliphatic carbocycles. The quantitative estimate of drug-likeness (QED) is 0.463. The summed E-state index contributed by atoms with van der Waals surface area (Å²) in [6, 6.07) is 0. The maximum absolute atomic E-state index is 5.04. The van der Waals surface area contributed by atoms with Crippen molar-refractivity contribution in [1.29, 1.82) is 0 Å². The van der Waals surface area contributed by atoms with Crippen LogP contribution >= 0.6 is 0 Å². The summed E-state index contributed by atoms with van der Waals surface area (Å²) in [5, 5.41) is 0. The fraction of sp³-hybridized carbons (Fsp3) is 0.818. The molecule has 0 atom stereocenters. The number of hydrogen-bond donors (Lipinski definition) is 0. The van der Waals surface area contributed by atoms with Gasteiger partial charge in [-0.3, -0.25) is 0 Å². The average Bonchev–Trinajstić information content (AvgIpc) is 2.09. The molecule has 0 N–H and O–H groups in total. The number of methoxy groups -OCH3 is 1. The minimum absolute atomic E-state index is 0.928. The normalized spacial score (nSPS) is 19.9. The molecule has 0 amide bonds. The van der Waals surface area contributed by atoms with Crippen molar-refractivity contribution in [2.24, 2.45) is 5.92 Å². The molecule has 0 aromatic heterocycles. The van der Waals surface area contributed by atoms with E-state index in [1.807, 2.05) is 0 Å². The summed E-state index contributed by atoms with van der Waals surface area (Å²) in [6.45, 7) is 4.95. The van der Waals surface area contributed by atoms with Crippen molar-refractivity contribution in [3.63, 3.8) is 0 Å². The molecule has 1 nitrogen and oxygen atoms in total. The zero-order valence-electron chi connectivity index (χ0n) is 8.14. The molecule has 0 aliphatic heterocycles. The van der Waals surface area contributed by atoms with E-state index in [2.05, 4.69) is 6.58 Å². The lowest BCUT2D eigenvalue weighted by Crippen LogP contribution is -2.08. The Labute approximate surface area is 75.8 Å². The second-order valence-electron chi connectivity index (χ2n) is 3.83. The molecular formula is C11H20O. The minimum atomic E-state index is 0.928. The summed E-state index contributed by atoms with van der Waals surface area (Å²) >= 11 is 0. The van der Waals surface area contributed by atoms with Gasteiger partial charge in [-0.05, 0) is 44.4 Å². The van der Waals surface area contributed by atoms with Gasteiger partial charge in [0.05, 0.1) is 0 Å². The molecule has 1 rings (SSSR count). The fourth-order valence-corrected chi connectivity index (χ4v) is 1.89. The van der Waals surface area contributed by atoms with E-state index in [4.69, 9.17) is 4.74 Å². The third kappa shape index (κ3) is 3.40. The van der Waals surface area contributed by atoms with Crippen LogP contribution in [0.1, 0.15) is 38.5 Å².